The Bertz CT molecular complexity index is 542. The summed E-state index contributed by atoms with van der Waals surface area (Å²) in [6.45, 7) is 8.64. The van der Waals surface area contributed by atoms with Crippen LogP contribution in [0.2, 0.25) is 0 Å². The molecule has 0 radical (unpaired) electrons. The first-order valence-corrected chi connectivity index (χ1v) is 8.24. The maximum Gasteiger partial charge on any atom is 0.191 e. The Labute approximate surface area is 146 Å². The highest BCUT2D eigenvalue weighted by Gasteiger charge is 2.20. The summed E-state index contributed by atoms with van der Waals surface area (Å²) in [6, 6.07) is 5.85. The molecule has 1 aromatic rings. The Morgan fingerprint density at radius 3 is 2.33 bits per heavy atom. The Morgan fingerprint density at radius 1 is 1.12 bits per heavy atom. The molecule has 24 heavy (non-hydrogen) atoms. The molecule has 0 aliphatic carbocycles. The minimum atomic E-state index is 0.0412. The molecular weight excluding hydrogens is 304 g/mol. The van der Waals surface area contributed by atoms with Gasteiger partial charge in [0.15, 0.2) is 17.5 Å². The highest BCUT2D eigenvalue weighted by Crippen LogP contribution is 2.27. The van der Waals surface area contributed by atoms with Gasteiger partial charge in [0.25, 0.3) is 0 Å². The summed E-state index contributed by atoms with van der Waals surface area (Å²) in [7, 11) is 7.43. The summed E-state index contributed by atoms with van der Waals surface area (Å²) in [6.07, 6.45) is 0. The number of nitrogens with one attached hydrogen (secondary N) is 2. The van der Waals surface area contributed by atoms with Crippen molar-refractivity contribution < 1.29 is 9.47 Å². The zero-order valence-corrected chi connectivity index (χ0v) is 16.1. The van der Waals surface area contributed by atoms with Gasteiger partial charge in [-0.25, -0.2) is 4.99 Å². The van der Waals surface area contributed by atoms with E-state index < -0.39 is 0 Å². The zero-order chi connectivity index (χ0) is 18.2. The van der Waals surface area contributed by atoms with Crippen molar-refractivity contribution in [3.8, 4) is 11.5 Å². The summed E-state index contributed by atoms with van der Waals surface area (Å²) < 4.78 is 10.6. The van der Waals surface area contributed by atoms with E-state index in [2.05, 4.69) is 55.4 Å². The van der Waals surface area contributed by atoms with Crippen molar-refractivity contribution in [2.45, 2.75) is 32.9 Å². The number of likely N-dealkylation sites (N-methyl/N-ethyl adjacent to an activating group) is 1. The van der Waals surface area contributed by atoms with Gasteiger partial charge in [-0.2, -0.15) is 0 Å². The number of aliphatic imine (C=N–C) groups is 1. The quantitative estimate of drug-likeness (QED) is 0.562. The Kier molecular flexibility index (Phi) is 7.85. The fourth-order valence-corrected chi connectivity index (χ4v) is 1.95. The minimum Gasteiger partial charge on any atom is -0.493 e. The summed E-state index contributed by atoms with van der Waals surface area (Å²) in [4.78, 5) is 6.85. The molecule has 1 aromatic carbocycles. The van der Waals surface area contributed by atoms with E-state index in [1.165, 1.54) is 0 Å². The van der Waals surface area contributed by atoms with Crippen LogP contribution in [0.4, 0.5) is 0 Å². The van der Waals surface area contributed by atoms with Gasteiger partial charge in [0, 0.05) is 18.6 Å². The zero-order valence-electron chi connectivity index (χ0n) is 16.1. The molecule has 0 saturated carbocycles. The maximum atomic E-state index is 5.34. The third kappa shape index (κ3) is 5.92. The highest BCUT2D eigenvalue weighted by atomic mass is 16.5. The second kappa shape index (κ2) is 9.37. The van der Waals surface area contributed by atoms with Gasteiger partial charge in [0.05, 0.1) is 20.8 Å². The van der Waals surface area contributed by atoms with Crippen molar-refractivity contribution in [3.63, 3.8) is 0 Å². The standard InChI is InChI=1S/C18H32N4O2/c1-8-19-17(21-13-18(2,3)22(4)5)20-12-14-9-10-15(23-6)16(11-14)24-7/h9-11H,8,12-13H2,1-7H3,(H2,19,20,21). The van der Waals surface area contributed by atoms with Gasteiger partial charge in [-0.15, -0.1) is 0 Å². The van der Waals surface area contributed by atoms with Gasteiger partial charge in [-0.1, -0.05) is 6.07 Å². The summed E-state index contributed by atoms with van der Waals surface area (Å²) in [5.41, 5.74) is 1.11. The molecule has 0 spiro atoms. The first kappa shape index (κ1) is 20.1. The SMILES string of the molecule is CCNC(=NCc1ccc(OC)c(OC)c1)NCC(C)(C)N(C)C. The molecular formula is C18H32N4O2. The third-order valence-corrected chi connectivity index (χ3v) is 4.11. The van der Waals surface area contributed by atoms with Crippen LogP contribution in [0.25, 0.3) is 0 Å². The third-order valence-electron chi connectivity index (χ3n) is 4.11. The lowest BCUT2D eigenvalue weighted by atomic mass is 10.0. The summed E-state index contributed by atoms with van der Waals surface area (Å²) >= 11 is 0. The molecule has 2 N–H and O–H groups in total. The lowest BCUT2D eigenvalue weighted by molar-refractivity contribution is 0.197. The Balaban J connectivity index is 2.79. The first-order chi connectivity index (χ1) is 11.3. The molecule has 0 aliphatic rings. The number of ether oxygens (including phenoxy) is 2. The minimum absolute atomic E-state index is 0.0412. The molecule has 1 rings (SSSR count). The molecule has 0 fully saturated rings. The fraction of sp³-hybridized carbons (Fsp3) is 0.611. The number of hydrogen-bond donors (Lipinski definition) is 2. The monoisotopic (exact) mass is 336 g/mol. The van der Waals surface area contributed by atoms with E-state index in [9.17, 15) is 0 Å². The van der Waals surface area contributed by atoms with Gasteiger partial charge in [0.1, 0.15) is 0 Å². The van der Waals surface area contributed by atoms with Crippen LogP contribution in [0, 0.1) is 0 Å². The largest absolute Gasteiger partial charge is 0.493 e. The van der Waals surface area contributed by atoms with Crippen molar-refractivity contribution in [3.05, 3.63) is 23.8 Å². The van der Waals surface area contributed by atoms with E-state index in [0.717, 1.165) is 36.1 Å². The van der Waals surface area contributed by atoms with Gasteiger partial charge in [-0.05, 0) is 52.6 Å². The van der Waals surface area contributed by atoms with E-state index in [4.69, 9.17) is 9.47 Å². The second-order valence-corrected chi connectivity index (χ2v) is 6.44. The normalized spacial score (nSPS) is 12.2. The van der Waals surface area contributed by atoms with Crippen LogP contribution in [0.5, 0.6) is 11.5 Å². The molecule has 0 bridgehead atoms. The van der Waals surface area contributed by atoms with Gasteiger partial charge < -0.3 is 25.0 Å². The molecule has 0 unspecified atom stereocenters. The average Bonchev–Trinajstić information content (AvgIpc) is 2.56. The van der Waals surface area contributed by atoms with E-state index in [1.807, 2.05) is 18.2 Å². The van der Waals surface area contributed by atoms with Crippen molar-refractivity contribution in [2.24, 2.45) is 4.99 Å². The molecule has 0 saturated heterocycles. The molecule has 6 heteroatoms. The van der Waals surface area contributed by atoms with Crippen LogP contribution < -0.4 is 20.1 Å². The van der Waals surface area contributed by atoms with E-state index in [-0.39, 0.29) is 5.54 Å². The number of nitrogens with zero attached hydrogens (tertiary/aromatic N) is 2. The fourth-order valence-electron chi connectivity index (χ4n) is 1.95. The molecule has 6 nitrogen and oxygen atoms in total. The van der Waals surface area contributed by atoms with Crippen LogP contribution in [-0.2, 0) is 6.54 Å². The summed E-state index contributed by atoms with van der Waals surface area (Å²) in [5, 5.41) is 6.68. The van der Waals surface area contributed by atoms with Gasteiger partial charge in [0.2, 0.25) is 0 Å². The van der Waals surface area contributed by atoms with Crippen LogP contribution in [0.15, 0.2) is 23.2 Å². The van der Waals surface area contributed by atoms with Crippen molar-refractivity contribution in [1.82, 2.24) is 15.5 Å². The van der Waals surface area contributed by atoms with Crippen molar-refractivity contribution in [1.29, 1.82) is 0 Å². The lowest BCUT2D eigenvalue weighted by Crippen LogP contribution is -2.50. The molecule has 136 valence electrons. The van der Waals surface area contributed by atoms with Crippen LogP contribution in [-0.4, -0.2) is 57.8 Å². The van der Waals surface area contributed by atoms with Gasteiger partial charge >= 0.3 is 0 Å². The predicted molar refractivity (Wildman–Crippen MR) is 100 cm³/mol. The molecule has 0 heterocycles. The molecule has 0 aliphatic heterocycles. The number of guanidine groups is 1. The summed E-state index contributed by atoms with van der Waals surface area (Å²) in [5.74, 6) is 2.25. The van der Waals surface area contributed by atoms with Crippen molar-refractivity contribution in [2.75, 3.05) is 41.4 Å². The van der Waals surface area contributed by atoms with E-state index in [0.29, 0.717) is 6.54 Å². The average molecular weight is 336 g/mol. The van der Waals surface area contributed by atoms with Gasteiger partial charge in [-0.3, -0.25) is 0 Å². The maximum absolute atomic E-state index is 5.34. The predicted octanol–water partition coefficient (Wildman–Crippen LogP) is 2.10. The highest BCUT2D eigenvalue weighted by molar-refractivity contribution is 5.79. The number of hydrogen-bond acceptors (Lipinski definition) is 4. The second-order valence-electron chi connectivity index (χ2n) is 6.44. The lowest BCUT2D eigenvalue weighted by Gasteiger charge is -2.33. The molecule has 0 aromatic heterocycles. The molecule has 0 atom stereocenters. The van der Waals surface area contributed by atoms with E-state index >= 15 is 0 Å². The Hall–Kier alpha value is -1.95. The molecule has 0 amide bonds. The van der Waals surface area contributed by atoms with Crippen LogP contribution >= 0.6 is 0 Å². The van der Waals surface area contributed by atoms with Crippen molar-refractivity contribution >= 4 is 5.96 Å². The first-order valence-electron chi connectivity index (χ1n) is 8.24. The number of rotatable bonds is 8. The number of benzene rings is 1. The van der Waals surface area contributed by atoms with Crippen LogP contribution in [0.1, 0.15) is 26.3 Å². The van der Waals surface area contributed by atoms with Crippen LogP contribution in [0.3, 0.4) is 0 Å². The Morgan fingerprint density at radius 2 is 1.79 bits per heavy atom. The smallest absolute Gasteiger partial charge is 0.191 e. The number of methoxy groups -OCH3 is 2. The topological polar surface area (TPSA) is 58.1 Å². The van der Waals surface area contributed by atoms with E-state index in [1.54, 1.807) is 14.2 Å².